The molecule has 0 bridgehead atoms. The Bertz CT molecular complexity index is 469. The van der Waals surface area contributed by atoms with E-state index >= 15 is 0 Å². The van der Waals surface area contributed by atoms with Crippen LogP contribution >= 0.6 is 11.8 Å². The van der Waals surface area contributed by atoms with Crippen molar-refractivity contribution in [2.75, 3.05) is 24.3 Å². The molecule has 3 rings (SSSR count). The lowest BCUT2D eigenvalue weighted by molar-refractivity contribution is 0.0624. The second-order valence-corrected chi connectivity index (χ2v) is 5.77. The maximum Gasteiger partial charge on any atom is 0.161 e. The van der Waals surface area contributed by atoms with Gasteiger partial charge in [-0.1, -0.05) is 11.8 Å². The Labute approximate surface area is 111 Å². The number of aryl methyl sites for hydroxylation is 1. The van der Waals surface area contributed by atoms with Crippen LogP contribution in [0.15, 0.2) is 23.3 Å². The van der Waals surface area contributed by atoms with Gasteiger partial charge in [0.2, 0.25) is 0 Å². The third kappa shape index (κ3) is 2.37. The van der Waals surface area contributed by atoms with Gasteiger partial charge in [-0.3, -0.25) is 9.98 Å². The van der Waals surface area contributed by atoms with Crippen molar-refractivity contribution >= 4 is 22.6 Å². The fourth-order valence-corrected chi connectivity index (χ4v) is 3.48. The Kier molecular flexibility index (Phi) is 3.26. The summed E-state index contributed by atoms with van der Waals surface area (Å²) in [6.45, 7) is 3.68. The molecule has 1 aromatic heterocycles. The molecule has 0 aromatic carbocycles. The van der Waals surface area contributed by atoms with Crippen LogP contribution in [0.5, 0.6) is 0 Å². The number of hydrogen-bond donors (Lipinski definition) is 1. The highest BCUT2D eigenvalue weighted by Crippen LogP contribution is 2.36. The van der Waals surface area contributed by atoms with Crippen LogP contribution in [0.25, 0.3) is 0 Å². The number of nitrogens with one attached hydrogen (secondary N) is 1. The van der Waals surface area contributed by atoms with Gasteiger partial charge in [0, 0.05) is 25.2 Å². The minimum absolute atomic E-state index is 0.112. The number of nitrogens with zero attached hydrogens (tertiary/aromatic N) is 2. The van der Waals surface area contributed by atoms with Crippen molar-refractivity contribution in [3.63, 3.8) is 0 Å². The van der Waals surface area contributed by atoms with E-state index in [1.807, 2.05) is 25.3 Å². The van der Waals surface area contributed by atoms with Crippen molar-refractivity contribution in [2.45, 2.75) is 25.3 Å². The van der Waals surface area contributed by atoms with Gasteiger partial charge in [-0.05, 0) is 31.9 Å². The monoisotopic (exact) mass is 263 g/mol. The highest BCUT2D eigenvalue weighted by atomic mass is 32.2. The Morgan fingerprint density at radius 2 is 2.22 bits per heavy atom. The van der Waals surface area contributed by atoms with Crippen molar-refractivity contribution in [1.29, 1.82) is 0 Å². The summed E-state index contributed by atoms with van der Waals surface area (Å²) in [6.07, 6.45) is 3.89. The van der Waals surface area contributed by atoms with Crippen LogP contribution in [0.3, 0.4) is 0 Å². The molecular weight excluding hydrogens is 246 g/mol. The maximum absolute atomic E-state index is 5.42. The predicted octanol–water partition coefficient (Wildman–Crippen LogP) is 2.45. The van der Waals surface area contributed by atoms with E-state index in [2.05, 4.69) is 10.3 Å². The van der Waals surface area contributed by atoms with Crippen molar-refractivity contribution in [2.24, 2.45) is 4.99 Å². The summed E-state index contributed by atoms with van der Waals surface area (Å²) in [7, 11) is 0. The van der Waals surface area contributed by atoms with Crippen molar-refractivity contribution in [3.05, 3.63) is 24.0 Å². The largest absolute Gasteiger partial charge is 0.381 e. The molecule has 4 nitrogen and oxygen atoms in total. The second-order valence-electron chi connectivity index (χ2n) is 4.80. The average molecular weight is 263 g/mol. The van der Waals surface area contributed by atoms with Gasteiger partial charge in [0.1, 0.15) is 0 Å². The van der Waals surface area contributed by atoms with Gasteiger partial charge in [-0.15, -0.1) is 0 Å². The number of ether oxygens (including phenoxy) is 1. The number of aromatic nitrogens is 1. The number of hydrogen-bond acceptors (Lipinski definition) is 5. The first kappa shape index (κ1) is 12.0. The van der Waals surface area contributed by atoms with Gasteiger partial charge in [0.25, 0.3) is 0 Å². The molecule has 1 fully saturated rings. The van der Waals surface area contributed by atoms with E-state index in [1.54, 1.807) is 11.8 Å². The molecule has 2 aliphatic heterocycles. The summed E-state index contributed by atoms with van der Waals surface area (Å²) < 4.78 is 5.42. The van der Waals surface area contributed by atoms with Gasteiger partial charge in [-0.2, -0.15) is 0 Å². The minimum atomic E-state index is 0.112. The molecule has 3 heterocycles. The first-order valence-corrected chi connectivity index (χ1v) is 7.25. The molecule has 1 N–H and O–H groups in total. The van der Waals surface area contributed by atoms with Crippen LogP contribution < -0.4 is 5.32 Å². The Morgan fingerprint density at radius 1 is 1.39 bits per heavy atom. The zero-order chi connectivity index (χ0) is 12.4. The molecule has 0 atom stereocenters. The molecule has 2 aliphatic rings. The number of amidine groups is 1. The fraction of sp³-hybridized carbons (Fsp3) is 0.538. The Balaban J connectivity index is 1.74. The molecular formula is C13H17N3OS. The number of aliphatic imine (C=N–C) groups is 1. The van der Waals surface area contributed by atoms with Gasteiger partial charge in [0.05, 0.1) is 16.9 Å². The lowest BCUT2D eigenvalue weighted by Gasteiger charge is -2.29. The minimum Gasteiger partial charge on any atom is -0.381 e. The first-order valence-electron chi connectivity index (χ1n) is 6.27. The highest BCUT2D eigenvalue weighted by Gasteiger charge is 2.37. The highest BCUT2D eigenvalue weighted by molar-refractivity contribution is 8.14. The standard InChI is InChI=1S/C13H17N3OS/c1-10-11(3-2-6-14-10)15-12-16-13(9-18-12)4-7-17-8-5-13/h2-3,6H,4-5,7-9H2,1H3,(H,15,16). The van der Waals surface area contributed by atoms with E-state index in [9.17, 15) is 0 Å². The molecule has 0 unspecified atom stereocenters. The van der Waals surface area contributed by atoms with Crippen LogP contribution in [0, 0.1) is 6.92 Å². The third-order valence-corrected chi connectivity index (χ3v) is 4.64. The van der Waals surface area contributed by atoms with E-state index in [4.69, 9.17) is 9.73 Å². The van der Waals surface area contributed by atoms with Crippen LogP contribution in [0.2, 0.25) is 0 Å². The molecule has 96 valence electrons. The number of pyridine rings is 1. The molecule has 5 heteroatoms. The van der Waals surface area contributed by atoms with Crippen molar-refractivity contribution in [1.82, 2.24) is 4.98 Å². The summed E-state index contributed by atoms with van der Waals surface area (Å²) in [5, 5.41) is 4.41. The zero-order valence-electron chi connectivity index (χ0n) is 10.5. The first-order chi connectivity index (χ1) is 8.77. The maximum atomic E-state index is 5.42. The van der Waals surface area contributed by atoms with Gasteiger partial charge in [-0.25, -0.2) is 0 Å². The molecule has 18 heavy (non-hydrogen) atoms. The predicted molar refractivity (Wildman–Crippen MR) is 75.3 cm³/mol. The second kappa shape index (κ2) is 4.90. The summed E-state index contributed by atoms with van der Waals surface area (Å²) in [5.74, 6) is 1.07. The van der Waals surface area contributed by atoms with Gasteiger partial charge in [0.15, 0.2) is 5.17 Å². The molecule has 0 aliphatic carbocycles. The smallest absolute Gasteiger partial charge is 0.161 e. The van der Waals surface area contributed by atoms with Crippen LogP contribution in [-0.4, -0.2) is 34.7 Å². The Morgan fingerprint density at radius 3 is 3.00 bits per heavy atom. The van der Waals surface area contributed by atoms with E-state index < -0.39 is 0 Å². The van der Waals surface area contributed by atoms with Crippen LogP contribution in [0.4, 0.5) is 5.69 Å². The number of rotatable bonds is 1. The fourth-order valence-electron chi connectivity index (χ4n) is 2.29. The van der Waals surface area contributed by atoms with E-state index in [0.29, 0.717) is 0 Å². The van der Waals surface area contributed by atoms with E-state index in [0.717, 1.165) is 48.4 Å². The summed E-state index contributed by atoms with van der Waals surface area (Å²) >= 11 is 1.81. The topological polar surface area (TPSA) is 46.5 Å². The van der Waals surface area contributed by atoms with Gasteiger partial charge >= 0.3 is 0 Å². The molecule has 1 aromatic rings. The third-order valence-electron chi connectivity index (χ3n) is 3.49. The lowest BCUT2D eigenvalue weighted by atomic mass is 9.93. The van der Waals surface area contributed by atoms with Crippen LogP contribution in [-0.2, 0) is 4.74 Å². The number of thioether (sulfide) groups is 1. The summed E-state index contributed by atoms with van der Waals surface area (Å²) in [4.78, 5) is 9.15. The Hall–Kier alpha value is -1.07. The zero-order valence-corrected chi connectivity index (χ0v) is 11.3. The van der Waals surface area contributed by atoms with Crippen molar-refractivity contribution < 1.29 is 4.74 Å². The average Bonchev–Trinajstić information content (AvgIpc) is 2.76. The van der Waals surface area contributed by atoms with Crippen molar-refractivity contribution in [3.8, 4) is 0 Å². The number of anilines is 1. The molecule has 1 spiro atoms. The van der Waals surface area contributed by atoms with E-state index in [-0.39, 0.29) is 5.54 Å². The molecule has 0 amide bonds. The molecule has 0 radical (unpaired) electrons. The molecule has 1 saturated heterocycles. The SMILES string of the molecule is Cc1ncccc1NC1=NC2(CCOCC2)CS1. The molecule has 0 saturated carbocycles. The summed E-state index contributed by atoms with van der Waals surface area (Å²) in [6, 6.07) is 3.99. The quantitative estimate of drug-likeness (QED) is 0.845. The lowest BCUT2D eigenvalue weighted by Crippen LogP contribution is -2.34. The van der Waals surface area contributed by atoms with Crippen LogP contribution in [0.1, 0.15) is 18.5 Å². The normalized spacial score (nSPS) is 21.9. The van der Waals surface area contributed by atoms with Gasteiger partial charge < -0.3 is 10.1 Å². The van der Waals surface area contributed by atoms with E-state index in [1.165, 1.54) is 0 Å². The summed E-state index contributed by atoms with van der Waals surface area (Å²) in [5.41, 5.74) is 2.17.